The lowest BCUT2D eigenvalue weighted by Crippen LogP contribution is -2.40. The van der Waals surface area contributed by atoms with E-state index < -0.39 is 0 Å². The van der Waals surface area contributed by atoms with Gasteiger partial charge in [0.2, 0.25) is 0 Å². The van der Waals surface area contributed by atoms with Gasteiger partial charge in [0.1, 0.15) is 5.01 Å². The SMILES string of the molecule is CNC1CCN(Cc2nccs2)CC1.Cl. The van der Waals surface area contributed by atoms with Gasteiger partial charge in [-0.15, -0.1) is 23.7 Å². The van der Waals surface area contributed by atoms with E-state index in [2.05, 4.69) is 27.6 Å². The molecular formula is C10H18ClN3S. The van der Waals surface area contributed by atoms with Crippen molar-refractivity contribution >= 4 is 23.7 Å². The fraction of sp³-hybridized carbons (Fsp3) is 0.700. The van der Waals surface area contributed by atoms with Gasteiger partial charge in [-0.3, -0.25) is 4.90 Å². The second-order valence-electron chi connectivity index (χ2n) is 3.76. The number of hydrogen-bond donors (Lipinski definition) is 1. The Hall–Kier alpha value is -0.160. The van der Waals surface area contributed by atoms with Crippen LogP contribution in [-0.4, -0.2) is 36.1 Å². The maximum Gasteiger partial charge on any atom is 0.107 e. The molecule has 0 radical (unpaired) electrons. The first kappa shape index (κ1) is 12.9. The molecule has 1 aliphatic rings. The van der Waals surface area contributed by atoms with Gasteiger partial charge in [-0.25, -0.2) is 4.98 Å². The summed E-state index contributed by atoms with van der Waals surface area (Å²) in [5.41, 5.74) is 0. The molecule has 2 rings (SSSR count). The Labute approximate surface area is 101 Å². The van der Waals surface area contributed by atoms with E-state index in [1.165, 1.54) is 30.9 Å². The molecule has 1 N–H and O–H groups in total. The van der Waals surface area contributed by atoms with Gasteiger partial charge in [0, 0.05) is 30.7 Å². The summed E-state index contributed by atoms with van der Waals surface area (Å²) in [7, 11) is 2.06. The Morgan fingerprint density at radius 3 is 2.80 bits per heavy atom. The summed E-state index contributed by atoms with van der Waals surface area (Å²) in [6.45, 7) is 3.43. The lowest BCUT2D eigenvalue weighted by atomic mass is 10.1. The zero-order chi connectivity index (χ0) is 9.80. The number of aromatic nitrogens is 1. The Kier molecular flexibility index (Phi) is 5.53. The highest BCUT2D eigenvalue weighted by atomic mass is 35.5. The lowest BCUT2D eigenvalue weighted by Gasteiger charge is -2.30. The molecular weight excluding hydrogens is 230 g/mol. The van der Waals surface area contributed by atoms with Gasteiger partial charge >= 0.3 is 0 Å². The molecule has 0 aliphatic carbocycles. The summed E-state index contributed by atoms with van der Waals surface area (Å²) in [6, 6.07) is 0.725. The van der Waals surface area contributed by atoms with Gasteiger partial charge in [-0.1, -0.05) is 0 Å². The third-order valence-corrected chi connectivity index (χ3v) is 3.60. The van der Waals surface area contributed by atoms with Crippen LogP contribution in [0.25, 0.3) is 0 Å². The van der Waals surface area contributed by atoms with Crippen LogP contribution in [0.15, 0.2) is 11.6 Å². The summed E-state index contributed by atoms with van der Waals surface area (Å²) in [6.07, 6.45) is 4.42. The molecule has 1 aromatic rings. The Morgan fingerprint density at radius 1 is 1.53 bits per heavy atom. The van der Waals surface area contributed by atoms with Crippen molar-refractivity contribution in [1.82, 2.24) is 15.2 Å². The molecule has 0 amide bonds. The van der Waals surface area contributed by atoms with Crippen LogP contribution >= 0.6 is 23.7 Å². The molecule has 0 aromatic carbocycles. The zero-order valence-corrected chi connectivity index (χ0v) is 10.6. The highest BCUT2D eigenvalue weighted by Crippen LogP contribution is 2.14. The van der Waals surface area contributed by atoms with Gasteiger partial charge < -0.3 is 5.32 Å². The first-order chi connectivity index (χ1) is 6.88. The predicted molar refractivity (Wildman–Crippen MR) is 66.7 cm³/mol. The van der Waals surface area contributed by atoms with Gasteiger partial charge in [0.25, 0.3) is 0 Å². The highest BCUT2D eigenvalue weighted by molar-refractivity contribution is 7.09. The molecule has 1 fully saturated rings. The largest absolute Gasteiger partial charge is 0.317 e. The van der Waals surface area contributed by atoms with Crippen molar-refractivity contribution in [3.63, 3.8) is 0 Å². The summed E-state index contributed by atoms with van der Waals surface area (Å²) >= 11 is 1.75. The number of halogens is 1. The molecule has 1 aliphatic heterocycles. The van der Waals surface area contributed by atoms with E-state index in [1.807, 2.05) is 6.20 Å². The zero-order valence-electron chi connectivity index (χ0n) is 8.98. The number of hydrogen-bond acceptors (Lipinski definition) is 4. The van der Waals surface area contributed by atoms with Crippen LogP contribution in [0, 0.1) is 0 Å². The first-order valence-electron chi connectivity index (χ1n) is 5.16. The lowest BCUT2D eigenvalue weighted by molar-refractivity contribution is 0.194. The van der Waals surface area contributed by atoms with Crippen molar-refractivity contribution in [3.05, 3.63) is 16.6 Å². The second kappa shape index (κ2) is 6.43. The average Bonchev–Trinajstić information content (AvgIpc) is 2.72. The molecule has 2 heterocycles. The standard InChI is InChI=1S/C10H17N3S.ClH/c1-11-9-2-5-13(6-3-9)8-10-12-4-7-14-10;/h4,7,9,11H,2-3,5-6,8H2,1H3;1H. The summed E-state index contributed by atoms with van der Waals surface area (Å²) in [4.78, 5) is 6.80. The minimum Gasteiger partial charge on any atom is -0.317 e. The number of likely N-dealkylation sites (tertiary alicyclic amines) is 1. The molecule has 0 bridgehead atoms. The number of thiazole rings is 1. The fourth-order valence-electron chi connectivity index (χ4n) is 1.90. The maximum absolute atomic E-state index is 4.31. The third-order valence-electron chi connectivity index (χ3n) is 2.84. The highest BCUT2D eigenvalue weighted by Gasteiger charge is 2.17. The molecule has 3 nitrogen and oxygen atoms in total. The van der Waals surface area contributed by atoms with Crippen molar-refractivity contribution in [1.29, 1.82) is 0 Å². The molecule has 15 heavy (non-hydrogen) atoms. The topological polar surface area (TPSA) is 28.2 Å². The molecule has 0 unspecified atom stereocenters. The van der Waals surface area contributed by atoms with E-state index in [9.17, 15) is 0 Å². The molecule has 1 saturated heterocycles. The van der Waals surface area contributed by atoms with Crippen molar-refractivity contribution in [3.8, 4) is 0 Å². The van der Waals surface area contributed by atoms with Crippen molar-refractivity contribution in [2.24, 2.45) is 0 Å². The minimum atomic E-state index is 0. The van der Waals surface area contributed by atoms with Crippen LogP contribution in [0.3, 0.4) is 0 Å². The van der Waals surface area contributed by atoms with E-state index >= 15 is 0 Å². The summed E-state index contributed by atoms with van der Waals surface area (Å²) < 4.78 is 0. The van der Waals surface area contributed by atoms with Crippen LogP contribution < -0.4 is 5.32 Å². The normalized spacial score (nSPS) is 18.7. The van der Waals surface area contributed by atoms with Gasteiger partial charge in [-0.05, 0) is 19.9 Å². The summed E-state index contributed by atoms with van der Waals surface area (Å²) in [5, 5.41) is 6.64. The number of piperidine rings is 1. The van der Waals surface area contributed by atoms with E-state index in [4.69, 9.17) is 0 Å². The minimum absolute atomic E-state index is 0. The van der Waals surface area contributed by atoms with Gasteiger partial charge in [0.05, 0.1) is 6.54 Å². The number of nitrogens with zero attached hydrogens (tertiary/aromatic N) is 2. The molecule has 86 valence electrons. The number of rotatable bonds is 3. The quantitative estimate of drug-likeness (QED) is 0.882. The Balaban J connectivity index is 0.00000112. The Morgan fingerprint density at radius 2 is 2.27 bits per heavy atom. The van der Waals surface area contributed by atoms with Gasteiger partial charge in [0.15, 0.2) is 0 Å². The average molecular weight is 248 g/mol. The molecule has 0 atom stereocenters. The van der Waals surface area contributed by atoms with Crippen LogP contribution in [0.5, 0.6) is 0 Å². The van der Waals surface area contributed by atoms with E-state index in [0.29, 0.717) is 0 Å². The monoisotopic (exact) mass is 247 g/mol. The number of nitrogens with one attached hydrogen (secondary N) is 1. The van der Waals surface area contributed by atoms with Crippen molar-refractivity contribution < 1.29 is 0 Å². The molecule has 0 spiro atoms. The second-order valence-corrected chi connectivity index (χ2v) is 4.74. The maximum atomic E-state index is 4.31. The van der Waals surface area contributed by atoms with E-state index in [1.54, 1.807) is 11.3 Å². The van der Waals surface area contributed by atoms with Crippen LogP contribution in [-0.2, 0) is 6.54 Å². The molecule has 5 heteroatoms. The molecule has 0 saturated carbocycles. The van der Waals surface area contributed by atoms with E-state index in [-0.39, 0.29) is 12.4 Å². The predicted octanol–water partition coefficient (Wildman–Crippen LogP) is 1.75. The van der Waals surface area contributed by atoms with Crippen LogP contribution in [0.1, 0.15) is 17.8 Å². The van der Waals surface area contributed by atoms with Crippen molar-refractivity contribution in [2.45, 2.75) is 25.4 Å². The first-order valence-corrected chi connectivity index (χ1v) is 6.04. The van der Waals surface area contributed by atoms with Crippen molar-refractivity contribution in [2.75, 3.05) is 20.1 Å². The Bertz CT molecular complexity index is 258. The van der Waals surface area contributed by atoms with E-state index in [0.717, 1.165) is 12.6 Å². The summed E-state index contributed by atoms with van der Waals surface area (Å²) in [5.74, 6) is 0. The smallest absolute Gasteiger partial charge is 0.107 e. The third kappa shape index (κ3) is 3.72. The molecule has 1 aromatic heterocycles. The fourth-order valence-corrected chi connectivity index (χ4v) is 2.56. The van der Waals surface area contributed by atoms with Crippen LogP contribution in [0.2, 0.25) is 0 Å². The van der Waals surface area contributed by atoms with Gasteiger partial charge in [-0.2, -0.15) is 0 Å². The van der Waals surface area contributed by atoms with Crippen LogP contribution in [0.4, 0.5) is 0 Å².